The Hall–Kier alpha value is -0.980. The second kappa shape index (κ2) is 5.20. The zero-order valence-electron chi connectivity index (χ0n) is 7.91. The third-order valence-corrected chi connectivity index (χ3v) is 2.12. The number of esters is 1. The molecule has 0 bridgehead atoms. The Morgan fingerprint density at radius 3 is 2.93 bits per heavy atom. The van der Waals surface area contributed by atoms with Crippen LogP contribution in [0.5, 0.6) is 0 Å². The molecular formula is C8H9BrF2N2O2. The largest absolute Gasteiger partial charge is 0.462 e. The molecule has 1 aromatic rings. The van der Waals surface area contributed by atoms with E-state index in [-0.39, 0.29) is 16.8 Å². The van der Waals surface area contributed by atoms with Gasteiger partial charge in [-0.05, 0) is 22.9 Å². The van der Waals surface area contributed by atoms with Gasteiger partial charge in [-0.1, -0.05) is 0 Å². The molecule has 0 unspecified atom stereocenters. The summed E-state index contributed by atoms with van der Waals surface area (Å²) in [6.07, 6.45) is -1.28. The maximum absolute atomic E-state index is 12.0. The van der Waals surface area contributed by atoms with Gasteiger partial charge < -0.3 is 4.74 Å². The summed E-state index contributed by atoms with van der Waals surface area (Å²) in [7, 11) is 0. The minimum absolute atomic E-state index is 0.150. The molecule has 1 heterocycles. The molecule has 0 saturated carbocycles. The highest BCUT2D eigenvalue weighted by Crippen LogP contribution is 2.16. The van der Waals surface area contributed by atoms with Gasteiger partial charge in [-0.25, -0.2) is 13.6 Å². The van der Waals surface area contributed by atoms with Crippen molar-refractivity contribution in [3.63, 3.8) is 0 Å². The number of nitrogens with zero attached hydrogens (tertiary/aromatic N) is 2. The molecule has 84 valence electrons. The van der Waals surface area contributed by atoms with Gasteiger partial charge in [-0.15, -0.1) is 0 Å². The van der Waals surface area contributed by atoms with Crippen molar-refractivity contribution in [2.24, 2.45) is 0 Å². The highest BCUT2D eigenvalue weighted by atomic mass is 79.9. The van der Waals surface area contributed by atoms with E-state index in [4.69, 9.17) is 4.74 Å². The molecule has 0 amide bonds. The van der Waals surface area contributed by atoms with Crippen molar-refractivity contribution in [1.82, 2.24) is 9.78 Å². The van der Waals surface area contributed by atoms with Crippen LogP contribution in [0, 0.1) is 0 Å². The van der Waals surface area contributed by atoms with Gasteiger partial charge in [-0.2, -0.15) is 5.10 Å². The summed E-state index contributed by atoms with van der Waals surface area (Å²) in [5.74, 6) is -0.579. The fourth-order valence-corrected chi connectivity index (χ4v) is 1.45. The lowest BCUT2D eigenvalue weighted by molar-refractivity contribution is 0.0524. The second-order valence-corrected chi connectivity index (χ2v) is 3.42. The standard InChI is InChI=1S/C8H9BrF2N2O2/c1-2-15-8(14)5-3-13(4-6(10)11)12-7(5)9/h3,6H,2,4H2,1H3. The molecule has 0 saturated heterocycles. The van der Waals surface area contributed by atoms with E-state index in [1.807, 2.05) is 0 Å². The van der Waals surface area contributed by atoms with E-state index in [2.05, 4.69) is 21.0 Å². The van der Waals surface area contributed by atoms with Gasteiger partial charge in [-0.3, -0.25) is 4.68 Å². The molecular weight excluding hydrogens is 274 g/mol. The number of aromatic nitrogens is 2. The van der Waals surface area contributed by atoms with Crippen molar-refractivity contribution < 1.29 is 18.3 Å². The minimum Gasteiger partial charge on any atom is -0.462 e. The molecule has 0 atom stereocenters. The van der Waals surface area contributed by atoms with Gasteiger partial charge in [0.05, 0.1) is 6.61 Å². The monoisotopic (exact) mass is 282 g/mol. The van der Waals surface area contributed by atoms with E-state index in [0.717, 1.165) is 4.68 Å². The lowest BCUT2D eigenvalue weighted by Crippen LogP contribution is -2.07. The fraction of sp³-hybridized carbons (Fsp3) is 0.500. The number of carbonyl (C=O) groups excluding carboxylic acids is 1. The van der Waals surface area contributed by atoms with Crippen LogP contribution in [0.3, 0.4) is 0 Å². The number of carbonyl (C=O) groups is 1. The first kappa shape index (κ1) is 12.1. The van der Waals surface area contributed by atoms with E-state index >= 15 is 0 Å². The highest BCUT2D eigenvalue weighted by Gasteiger charge is 2.16. The van der Waals surface area contributed by atoms with Crippen molar-refractivity contribution in [3.8, 4) is 0 Å². The predicted molar refractivity (Wildman–Crippen MR) is 51.9 cm³/mol. The molecule has 0 radical (unpaired) electrons. The van der Waals surface area contributed by atoms with E-state index in [1.165, 1.54) is 6.20 Å². The zero-order valence-corrected chi connectivity index (χ0v) is 9.50. The molecule has 0 aliphatic rings. The molecule has 4 nitrogen and oxygen atoms in total. The third kappa shape index (κ3) is 3.26. The van der Waals surface area contributed by atoms with Crippen LogP contribution in [0.2, 0.25) is 0 Å². The smallest absolute Gasteiger partial charge is 0.342 e. The summed E-state index contributed by atoms with van der Waals surface area (Å²) in [5.41, 5.74) is 0.150. The van der Waals surface area contributed by atoms with Crippen molar-refractivity contribution in [2.45, 2.75) is 19.9 Å². The Morgan fingerprint density at radius 2 is 2.40 bits per heavy atom. The maximum atomic E-state index is 12.0. The van der Waals surface area contributed by atoms with Crippen molar-refractivity contribution >= 4 is 21.9 Å². The number of ether oxygens (including phenoxy) is 1. The van der Waals surface area contributed by atoms with E-state index < -0.39 is 18.9 Å². The van der Waals surface area contributed by atoms with Crippen LogP contribution in [0.1, 0.15) is 17.3 Å². The molecule has 0 aliphatic heterocycles. The molecule has 15 heavy (non-hydrogen) atoms. The molecule has 1 aromatic heterocycles. The summed E-state index contributed by atoms with van der Waals surface area (Å²) in [5, 5.41) is 3.71. The normalized spacial score (nSPS) is 10.7. The van der Waals surface area contributed by atoms with E-state index in [1.54, 1.807) is 6.92 Å². The van der Waals surface area contributed by atoms with Crippen molar-refractivity contribution in [1.29, 1.82) is 0 Å². The van der Waals surface area contributed by atoms with E-state index in [9.17, 15) is 13.6 Å². The zero-order chi connectivity index (χ0) is 11.4. The van der Waals surface area contributed by atoms with Crippen LogP contribution in [-0.2, 0) is 11.3 Å². The predicted octanol–water partition coefficient (Wildman–Crippen LogP) is 2.09. The lowest BCUT2D eigenvalue weighted by atomic mass is 10.4. The number of halogens is 3. The van der Waals surface area contributed by atoms with Gasteiger partial charge in [0.2, 0.25) is 0 Å². The van der Waals surface area contributed by atoms with Gasteiger partial charge in [0.25, 0.3) is 6.43 Å². The van der Waals surface area contributed by atoms with Crippen LogP contribution in [0.4, 0.5) is 8.78 Å². The molecule has 1 rings (SSSR count). The van der Waals surface area contributed by atoms with Crippen LogP contribution >= 0.6 is 15.9 Å². The SMILES string of the molecule is CCOC(=O)c1cn(CC(F)F)nc1Br. The van der Waals surface area contributed by atoms with Gasteiger partial charge in [0, 0.05) is 6.20 Å². The summed E-state index contributed by atoms with van der Waals surface area (Å²) >= 11 is 3.00. The Morgan fingerprint density at radius 1 is 1.73 bits per heavy atom. The molecule has 0 N–H and O–H groups in total. The maximum Gasteiger partial charge on any atom is 0.342 e. The molecule has 0 aromatic carbocycles. The molecule has 7 heteroatoms. The number of hydrogen-bond donors (Lipinski definition) is 0. The summed E-state index contributed by atoms with van der Waals surface area (Å²) in [6, 6.07) is 0. The first-order valence-corrected chi connectivity index (χ1v) is 5.02. The quantitative estimate of drug-likeness (QED) is 0.795. The van der Waals surface area contributed by atoms with Crippen LogP contribution in [0.25, 0.3) is 0 Å². The summed E-state index contributed by atoms with van der Waals surface area (Å²) < 4.78 is 30.0. The average molecular weight is 283 g/mol. The van der Waals surface area contributed by atoms with Gasteiger partial charge in [0.15, 0.2) is 0 Å². The molecule has 0 fully saturated rings. The van der Waals surface area contributed by atoms with Crippen molar-refractivity contribution in [3.05, 3.63) is 16.4 Å². The second-order valence-electron chi connectivity index (χ2n) is 2.67. The van der Waals surface area contributed by atoms with Gasteiger partial charge >= 0.3 is 5.97 Å². The molecule has 0 spiro atoms. The average Bonchev–Trinajstić information content (AvgIpc) is 2.46. The van der Waals surface area contributed by atoms with Gasteiger partial charge in [0.1, 0.15) is 16.7 Å². The van der Waals surface area contributed by atoms with Crippen LogP contribution in [-0.4, -0.2) is 28.8 Å². The minimum atomic E-state index is -2.51. The van der Waals surface area contributed by atoms with Crippen LogP contribution < -0.4 is 0 Å². The molecule has 0 aliphatic carbocycles. The third-order valence-electron chi connectivity index (χ3n) is 1.54. The Labute approximate surface area is 93.3 Å². The number of rotatable bonds is 4. The first-order valence-electron chi connectivity index (χ1n) is 4.22. The van der Waals surface area contributed by atoms with E-state index in [0.29, 0.717) is 0 Å². The Balaban J connectivity index is 2.81. The topological polar surface area (TPSA) is 44.1 Å². The fourth-order valence-electron chi connectivity index (χ4n) is 0.978. The Kier molecular flexibility index (Phi) is 4.19. The lowest BCUT2D eigenvalue weighted by Gasteiger charge is -1.98. The summed E-state index contributed by atoms with van der Waals surface area (Å²) in [6.45, 7) is 1.35. The Bertz CT molecular complexity index is 354. The van der Waals surface area contributed by atoms with Crippen molar-refractivity contribution in [2.75, 3.05) is 6.61 Å². The number of hydrogen-bond acceptors (Lipinski definition) is 3. The number of alkyl halides is 2. The van der Waals surface area contributed by atoms with Crippen LogP contribution in [0.15, 0.2) is 10.8 Å². The first-order chi connectivity index (χ1) is 7.04. The summed E-state index contributed by atoms with van der Waals surface area (Å²) in [4.78, 5) is 11.3. The highest BCUT2D eigenvalue weighted by molar-refractivity contribution is 9.10.